The molecule has 6 aliphatic rings. The highest BCUT2D eigenvalue weighted by molar-refractivity contribution is 5.99. The van der Waals surface area contributed by atoms with Crippen molar-refractivity contribution in [3.8, 4) is 16.9 Å². The molecule has 1 aromatic carbocycles. The first-order valence-electron chi connectivity index (χ1n) is 19.2. The van der Waals surface area contributed by atoms with Gasteiger partial charge in [0.05, 0.1) is 30.1 Å². The molecule has 2 saturated carbocycles. The minimum atomic E-state index is -0.788. The molecule has 1 N–H and O–H groups in total. The highest BCUT2D eigenvalue weighted by atomic mass is 16.5. The zero-order chi connectivity index (χ0) is 34.0. The summed E-state index contributed by atoms with van der Waals surface area (Å²) < 4.78 is 8.97. The van der Waals surface area contributed by atoms with Crippen LogP contribution >= 0.6 is 0 Å². The molecular formula is C39H56N6O4. The van der Waals surface area contributed by atoms with Crippen molar-refractivity contribution in [3.05, 3.63) is 30.1 Å². The number of carboxylic acid groups (broad SMARTS) is 1. The number of amides is 2. The third-order valence-corrected chi connectivity index (χ3v) is 12.7. The first-order chi connectivity index (χ1) is 23.6. The molecule has 8 rings (SSSR count). The molecule has 1 aromatic heterocycles. The lowest BCUT2D eigenvalue weighted by atomic mass is 9.75. The Morgan fingerprint density at radius 3 is 2.35 bits per heavy atom. The van der Waals surface area contributed by atoms with Gasteiger partial charge in [0.25, 0.3) is 0 Å². The van der Waals surface area contributed by atoms with Gasteiger partial charge in [-0.3, -0.25) is 19.3 Å². The Hall–Kier alpha value is -3.11. The van der Waals surface area contributed by atoms with Gasteiger partial charge in [-0.05, 0) is 102 Å². The fourth-order valence-electron chi connectivity index (χ4n) is 9.50. The monoisotopic (exact) mass is 672 g/mol. The van der Waals surface area contributed by atoms with E-state index in [1.165, 1.54) is 24.8 Å². The highest BCUT2D eigenvalue weighted by Crippen LogP contribution is 2.46. The fourth-order valence-corrected chi connectivity index (χ4v) is 9.50. The summed E-state index contributed by atoms with van der Waals surface area (Å²) in [7, 11) is 0. The standard InChI is InChI=1S/C39H56N6O4/c1-25-10-13-32-33(45(25)37(46)26-11-12-26)15-14-31(35(32)49-30-8-5-9-30)27-21-40-44(22-27)28-16-19-41(20-17-28)29-7-6-18-42(23-29)34-24-43(38(47)48)36(34)39(2,3)4/h14-15,21-22,25-26,28-30,34,36H,5-13,16-20,23-24H2,1-4H3,(H,47,48)/t25-,29?,34?,36?/m0/s1. The number of ether oxygens (including phenoxy) is 1. The quantitative estimate of drug-likeness (QED) is 0.362. The van der Waals surface area contributed by atoms with Gasteiger partial charge in [-0.1, -0.05) is 20.8 Å². The molecule has 3 saturated heterocycles. The number of hydrogen-bond acceptors (Lipinski definition) is 6. The van der Waals surface area contributed by atoms with Crippen LogP contribution in [0.2, 0.25) is 0 Å². The summed E-state index contributed by atoms with van der Waals surface area (Å²) in [4.78, 5) is 34.3. The zero-order valence-electron chi connectivity index (χ0n) is 30.0. The van der Waals surface area contributed by atoms with Gasteiger partial charge < -0.3 is 19.6 Å². The number of carbonyl (C=O) groups excluding carboxylic acids is 1. The minimum Gasteiger partial charge on any atom is -0.489 e. The van der Waals surface area contributed by atoms with Gasteiger partial charge in [-0.15, -0.1) is 0 Å². The second-order valence-electron chi connectivity index (χ2n) is 17.1. The number of fused-ring (bicyclic) bond motifs is 1. The van der Waals surface area contributed by atoms with E-state index in [2.05, 4.69) is 65.4 Å². The SMILES string of the molecule is C[C@H]1CCc2c(ccc(-c3cnn(C4CCN(C5CCCN(C6CN(C(=O)O)C6C(C)(C)C)C5)CC4)c3)c2OC2CCC2)N1C(=O)C1CC1. The molecule has 10 heteroatoms. The number of anilines is 1. The Balaban J connectivity index is 0.948. The minimum absolute atomic E-state index is 0.0472. The molecule has 4 aliphatic heterocycles. The van der Waals surface area contributed by atoms with Gasteiger partial charge >= 0.3 is 6.09 Å². The second kappa shape index (κ2) is 12.9. The van der Waals surface area contributed by atoms with Crippen LogP contribution < -0.4 is 9.64 Å². The van der Waals surface area contributed by atoms with Gasteiger partial charge in [0, 0.05) is 73.1 Å². The van der Waals surface area contributed by atoms with Crippen LogP contribution in [0.25, 0.3) is 11.1 Å². The van der Waals surface area contributed by atoms with Gasteiger partial charge in [0.15, 0.2) is 0 Å². The lowest BCUT2D eigenvalue weighted by molar-refractivity contribution is -0.120. The van der Waals surface area contributed by atoms with E-state index in [-0.39, 0.29) is 35.4 Å². The van der Waals surface area contributed by atoms with E-state index in [9.17, 15) is 14.7 Å². The number of benzene rings is 1. The summed E-state index contributed by atoms with van der Waals surface area (Å²) in [6.45, 7) is 13.6. The first-order valence-corrected chi connectivity index (χ1v) is 19.2. The lowest BCUT2D eigenvalue weighted by Crippen LogP contribution is -2.73. The largest absolute Gasteiger partial charge is 0.489 e. The maximum absolute atomic E-state index is 13.4. The van der Waals surface area contributed by atoms with Crippen molar-refractivity contribution in [1.29, 1.82) is 0 Å². The summed E-state index contributed by atoms with van der Waals surface area (Å²) in [6, 6.07) is 5.82. The number of rotatable bonds is 7. The lowest BCUT2D eigenvalue weighted by Gasteiger charge is -2.58. The fraction of sp³-hybridized carbons (Fsp3) is 0.718. The molecule has 2 amide bonds. The molecule has 2 aromatic rings. The van der Waals surface area contributed by atoms with E-state index in [4.69, 9.17) is 9.84 Å². The summed E-state index contributed by atoms with van der Waals surface area (Å²) in [5, 5.41) is 14.7. The smallest absolute Gasteiger partial charge is 0.407 e. The van der Waals surface area contributed by atoms with Crippen molar-refractivity contribution in [2.75, 3.05) is 37.6 Å². The first kappa shape index (κ1) is 33.1. The Morgan fingerprint density at radius 2 is 1.67 bits per heavy atom. The number of piperidine rings is 2. The third-order valence-electron chi connectivity index (χ3n) is 12.7. The Kier molecular flexibility index (Phi) is 8.70. The van der Waals surface area contributed by atoms with Crippen LogP contribution in [0.1, 0.15) is 104 Å². The number of likely N-dealkylation sites (tertiary alicyclic amines) is 3. The summed E-state index contributed by atoms with van der Waals surface area (Å²) >= 11 is 0. The molecule has 10 nitrogen and oxygen atoms in total. The number of aromatic nitrogens is 2. The Labute approximate surface area is 291 Å². The molecule has 49 heavy (non-hydrogen) atoms. The molecule has 4 atom stereocenters. The van der Waals surface area contributed by atoms with Crippen LogP contribution in [-0.4, -0.2) is 105 Å². The van der Waals surface area contributed by atoms with Crippen molar-refractivity contribution in [2.24, 2.45) is 11.3 Å². The van der Waals surface area contributed by atoms with Crippen LogP contribution in [0.3, 0.4) is 0 Å². The van der Waals surface area contributed by atoms with Gasteiger partial charge in [0.1, 0.15) is 5.75 Å². The maximum Gasteiger partial charge on any atom is 0.407 e. The number of nitrogens with zero attached hydrogens (tertiary/aromatic N) is 6. The van der Waals surface area contributed by atoms with Crippen molar-refractivity contribution in [3.63, 3.8) is 0 Å². The van der Waals surface area contributed by atoms with Crippen LogP contribution in [0.5, 0.6) is 5.75 Å². The highest BCUT2D eigenvalue weighted by Gasteiger charge is 2.51. The Bertz CT molecular complexity index is 1550. The second-order valence-corrected chi connectivity index (χ2v) is 17.1. The van der Waals surface area contributed by atoms with Crippen LogP contribution in [0, 0.1) is 11.3 Å². The molecule has 0 spiro atoms. The van der Waals surface area contributed by atoms with Crippen LogP contribution in [0.4, 0.5) is 10.5 Å². The van der Waals surface area contributed by atoms with Crippen molar-refractivity contribution in [2.45, 2.75) is 135 Å². The third kappa shape index (κ3) is 6.26. The summed E-state index contributed by atoms with van der Waals surface area (Å²) in [5.41, 5.74) is 4.39. The van der Waals surface area contributed by atoms with Crippen LogP contribution in [-0.2, 0) is 11.2 Å². The molecular weight excluding hydrogens is 616 g/mol. The van der Waals surface area contributed by atoms with Crippen molar-refractivity contribution in [1.82, 2.24) is 24.5 Å². The van der Waals surface area contributed by atoms with Gasteiger partial charge in [-0.2, -0.15) is 5.10 Å². The molecule has 5 fully saturated rings. The maximum atomic E-state index is 13.4. The van der Waals surface area contributed by atoms with E-state index in [1.807, 2.05) is 6.20 Å². The average Bonchev–Trinajstić information content (AvgIpc) is 3.77. The number of hydrogen-bond donors (Lipinski definition) is 1. The molecule has 5 heterocycles. The van der Waals surface area contributed by atoms with E-state index < -0.39 is 6.09 Å². The molecule has 3 unspecified atom stereocenters. The normalized spacial score (nSPS) is 28.9. The Morgan fingerprint density at radius 1 is 0.898 bits per heavy atom. The van der Waals surface area contributed by atoms with E-state index >= 15 is 0 Å². The van der Waals surface area contributed by atoms with E-state index in [1.54, 1.807) is 4.90 Å². The molecule has 0 radical (unpaired) electrons. The summed E-state index contributed by atoms with van der Waals surface area (Å²) in [5.74, 6) is 1.46. The topological polar surface area (TPSA) is 94.4 Å². The van der Waals surface area contributed by atoms with Crippen molar-refractivity contribution >= 4 is 17.7 Å². The van der Waals surface area contributed by atoms with Crippen molar-refractivity contribution < 1.29 is 19.4 Å². The number of carbonyl (C=O) groups is 2. The van der Waals surface area contributed by atoms with E-state index in [0.717, 1.165) is 100 Å². The van der Waals surface area contributed by atoms with Crippen LogP contribution in [0.15, 0.2) is 24.5 Å². The molecule has 266 valence electrons. The molecule has 0 bridgehead atoms. The molecule has 2 aliphatic carbocycles. The van der Waals surface area contributed by atoms with Gasteiger partial charge in [0.2, 0.25) is 5.91 Å². The zero-order valence-corrected chi connectivity index (χ0v) is 30.0. The predicted octanol–water partition coefficient (Wildman–Crippen LogP) is 6.44. The predicted molar refractivity (Wildman–Crippen MR) is 190 cm³/mol. The van der Waals surface area contributed by atoms with E-state index in [0.29, 0.717) is 24.7 Å². The van der Waals surface area contributed by atoms with Gasteiger partial charge in [-0.25, -0.2) is 4.79 Å². The average molecular weight is 673 g/mol. The summed E-state index contributed by atoms with van der Waals surface area (Å²) in [6.07, 6.45) is 15.6.